The number of fused-ring (bicyclic) bond motifs is 1. The van der Waals surface area contributed by atoms with Gasteiger partial charge >= 0.3 is 28.4 Å². The molecule has 58 nitrogen and oxygen atoms in total. The summed E-state index contributed by atoms with van der Waals surface area (Å²) >= 11 is 28.1. The molecule has 802 valence electrons. The van der Waals surface area contributed by atoms with Gasteiger partial charge in [-0.1, -0.05) is 54.2 Å². The number of nitrogens with two attached hydrogens (primary N) is 2. The van der Waals surface area contributed by atoms with Crippen LogP contribution in [0, 0.1) is 34.6 Å². The molecule has 28 atom stereocenters. The number of aryl methyl sites for hydroxylation is 3. The number of ether oxygens (including phenoxy) is 16. The molecule has 13 heterocycles. The molecule has 0 aromatic carbocycles. The molecule has 7 aromatic heterocycles. The van der Waals surface area contributed by atoms with Crippen molar-refractivity contribution in [1.82, 2.24) is 68.1 Å². The first-order valence-corrected chi connectivity index (χ1v) is 56.7. The van der Waals surface area contributed by atoms with Gasteiger partial charge in [0, 0.05) is 88.4 Å². The maximum absolute atomic E-state index is 15.7. The summed E-state index contributed by atoms with van der Waals surface area (Å²) < 4.78 is 176. The third-order valence-electron chi connectivity index (χ3n) is 23.4. The molecule has 0 amide bonds. The summed E-state index contributed by atoms with van der Waals surface area (Å²) in [6.45, 7) is -24.7. The van der Waals surface area contributed by atoms with Crippen LogP contribution in [0.1, 0.15) is 96.1 Å². The molecule has 144 heavy (non-hydrogen) atoms. The number of nitrogens with one attached hydrogen (secondary N) is 7. The number of aromatic amines is 7. The predicted molar refractivity (Wildman–Crippen MR) is 503 cm³/mol. The molecule has 0 radical (unpaired) electrons. The number of nitrogens with zero attached hydrogens (tertiary/aromatic N) is 7. The van der Waals surface area contributed by atoms with Crippen molar-refractivity contribution in [1.29, 1.82) is 0 Å². The standard InChI is InChI=1S/C76H111N16O42P5S5/c1-12-38-39(23-45(124-38)89-25-34(3)63(94)87-75(89)102)130-135(104,140)120-28-41-50(57(115-19-14-110-8)54(125-41)46-36(5)65(96)85-72(99)80-46)131-138(107,143)123-31-44-53(60(118-22-17-113-11)70(129-44)92-32-79-48-62(92)83-71(78)84-67(48)98)134-139(108,144)121-29-42-51(58(116-20-15-111-9)55(126-42)47-37(6)66(97)86-73(100)81-47)132-137(106,142)122-30-43-52(59(117-21-16-112-10)69(128-43)91-26-35(4)64(95)88-76(91)103)133-136(105,141)119-27-40-49(93)56(114-18-13-109-7)68(127-40)90-24-33(2)61(77)82-74(90)101/h24-26,32,38-45,49-60,68-70,93H,12-23,27-31H2,1-11H3,(H,104,140)(H,105,141)(H,106,142)(H,107,143)(H,108,144)(H2,77,82,101)(H,87,94,102)(H,88,95,103)(H3,78,83,84,98)(H2,80,85,96,99)(H2,81,86,97,100)/p-5/t38-,39?,40-,41-,42-,43-,44-,45-,49?,50?,51?,52?,53?,54+,55+,56+,57+,58+,59+,60+,68-,69-,70-,135?,136?,137?,138?,139?/m1/s1. The van der Waals surface area contributed by atoms with Gasteiger partial charge in [-0.25, -0.2) is 29.0 Å². The Kier molecular flexibility index (Phi) is 39.6. The Morgan fingerprint density at radius 3 is 1.30 bits per heavy atom. The molecule has 7 aromatic rings. The Hall–Kier alpha value is -6.51. The van der Waals surface area contributed by atoms with Crippen LogP contribution in [0.3, 0.4) is 0 Å². The van der Waals surface area contributed by atoms with Crippen molar-refractivity contribution in [2.45, 2.75) is 195 Å². The van der Waals surface area contributed by atoms with Crippen molar-refractivity contribution < 1.29 is 150 Å². The van der Waals surface area contributed by atoms with Gasteiger partial charge in [0.05, 0.1) is 129 Å². The lowest BCUT2D eigenvalue weighted by atomic mass is 10.0. The molecule has 6 aliphatic rings. The van der Waals surface area contributed by atoms with Gasteiger partial charge in [0.2, 0.25) is 5.95 Å². The number of nitrogen functional groups attached to an aromatic ring is 2. The number of aromatic nitrogens is 14. The topological polar surface area (TPSA) is 761 Å². The third kappa shape index (κ3) is 27.9. The number of hydrogen-bond acceptors (Lipinski definition) is 52. The molecule has 11 unspecified atom stereocenters. The van der Waals surface area contributed by atoms with E-state index >= 15 is 14.4 Å². The highest BCUT2D eigenvalue weighted by atomic mass is 32.7. The first kappa shape index (κ1) is 115. The number of aliphatic hydroxyl groups excluding tert-OH is 1. The minimum Gasteiger partial charge on any atom is -0.780 e. The molecule has 0 spiro atoms. The molecule has 6 aliphatic heterocycles. The molecule has 0 bridgehead atoms. The summed E-state index contributed by atoms with van der Waals surface area (Å²) in [4.78, 5) is 221. The van der Waals surface area contributed by atoms with Crippen LogP contribution in [0.4, 0.5) is 11.8 Å². The zero-order valence-electron chi connectivity index (χ0n) is 78.4. The van der Waals surface area contributed by atoms with Gasteiger partial charge in [-0.05, 0) is 41.0 Å². The van der Waals surface area contributed by atoms with Crippen molar-refractivity contribution >= 4 is 116 Å². The summed E-state index contributed by atoms with van der Waals surface area (Å²) in [5.74, 6) is -0.536. The second kappa shape index (κ2) is 49.7. The lowest BCUT2D eigenvalue weighted by Crippen LogP contribution is -2.42. The van der Waals surface area contributed by atoms with Crippen LogP contribution in [0.2, 0.25) is 0 Å². The normalized spacial score (nSPS) is 29.2. The minimum absolute atomic E-state index is 0.0131. The molecule has 0 aliphatic carbocycles. The number of aliphatic hydroxyl groups is 1. The van der Waals surface area contributed by atoms with Gasteiger partial charge in [-0.3, -0.25) is 71.7 Å². The largest absolute Gasteiger partial charge is 0.780 e. The first-order chi connectivity index (χ1) is 68.2. The number of hydrogen-bond donors (Lipinski definition) is 10. The fourth-order valence-corrected chi connectivity index (χ4v) is 23.6. The lowest BCUT2D eigenvalue weighted by molar-refractivity contribution is -0.223. The molecule has 13 rings (SSSR count). The highest BCUT2D eigenvalue weighted by molar-refractivity contribution is 8.32. The molecular formula is C76H106N16O42P5S5-5. The van der Waals surface area contributed by atoms with Crippen molar-refractivity contribution in [3.05, 3.63) is 168 Å². The van der Waals surface area contributed by atoms with E-state index in [2.05, 4.69) is 49.8 Å². The van der Waals surface area contributed by atoms with E-state index in [1.807, 2.05) is 0 Å². The Bertz CT molecular complexity index is 6570. The molecular weight excluding hydrogens is 2120 g/mol. The van der Waals surface area contributed by atoms with Crippen molar-refractivity contribution in [3.63, 3.8) is 0 Å². The van der Waals surface area contributed by atoms with Crippen LogP contribution in [-0.2, 0) is 185 Å². The van der Waals surface area contributed by atoms with Gasteiger partial charge < -0.3 is 179 Å². The summed E-state index contributed by atoms with van der Waals surface area (Å²) in [6, 6.07) is 0. The average molecular weight is 2230 g/mol. The van der Waals surface area contributed by atoms with Crippen LogP contribution in [0.5, 0.6) is 0 Å². The van der Waals surface area contributed by atoms with E-state index in [1.165, 1.54) is 75.6 Å². The number of rotatable bonds is 52. The van der Waals surface area contributed by atoms with Crippen molar-refractivity contribution in [2.75, 3.05) is 146 Å². The van der Waals surface area contributed by atoms with Crippen molar-refractivity contribution in [3.8, 4) is 0 Å². The molecule has 0 saturated carbocycles. The molecule has 12 N–H and O–H groups in total. The third-order valence-corrected chi connectivity index (χ3v) is 31.1. The van der Waals surface area contributed by atoms with E-state index in [1.54, 1.807) is 13.8 Å². The van der Waals surface area contributed by atoms with E-state index < -0.39 is 276 Å². The average Bonchev–Trinajstić information content (AvgIpc) is 1.60. The molecule has 6 fully saturated rings. The number of anilines is 2. The first-order valence-electron chi connectivity index (χ1n) is 43.9. The highest BCUT2D eigenvalue weighted by Crippen LogP contribution is 2.57. The summed E-state index contributed by atoms with van der Waals surface area (Å²) in [5, 5.41) is 11.8. The monoisotopic (exact) mass is 2230 g/mol. The second-order valence-corrected chi connectivity index (χ2v) is 46.6. The second-order valence-electron chi connectivity index (χ2n) is 33.1. The van der Waals surface area contributed by atoms with Gasteiger partial charge in [0.25, 0.3) is 27.8 Å². The predicted octanol–water partition coefficient (Wildman–Crippen LogP) is -4.87. The van der Waals surface area contributed by atoms with Crippen LogP contribution in [-0.4, -0.2) is 312 Å². The zero-order valence-corrected chi connectivity index (χ0v) is 86.9. The van der Waals surface area contributed by atoms with E-state index in [0.717, 1.165) is 30.8 Å². The van der Waals surface area contributed by atoms with Gasteiger partial charge in [0.15, 0.2) is 36.6 Å². The Labute approximate surface area is 839 Å². The van der Waals surface area contributed by atoms with Crippen LogP contribution < -0.4 is 87.3 Å². The van der Waals surface area contributed by atoms with E-state index in [9.17, 15) is 62.8 Å². The van der Waals surface area contributed by atoms with Gasteiger partial charge in [-0.15, -0.1) is 0 Å². The lowest BCUT2D eigenvalue weighted by Gasteiger charge is -2.38. The molecule has 68 heteroatoms. The SMILES string of the molecule is CC[C@H]1O[C@@H](n2cc(C)c(=O)[nH]c2=O)CC1OP([O-])(=S)OC[C@H]1O[C@@H](c2[nH]c(=O)[nH]c(=O)c2C)[C@@H](OCCOC)C1OP(=O)([S-])OC[C@H]1O[C@@H](n2cnc3c(=O)[nH]c(N)nc32)[C@@H](OCCOC)C1OP([O-])(=S)OC[C@H]1O[C@@H](c2[nH]c(=O)[nH]c(=O)c2C)[C@@H](OCCOC)C1OP([O-])(=S)OC[C@H]1O[C@@H](n2cc(C)c(=O)[nH]c2=O)[C@@H](OCCOC)C1OP([O-])(=S)OC[C@H]1O[C@@H](n2cc(C)c(N)nc2=O)[C@@H](OCCOC)C1O. The maximum Gasteiger partial charge on any atom is 0.351 e. The number of H-pyrrole nitrogens is 7. The fourth-order valence-electron chi connectivity index (χ4n) is 16.4. The number of imidazole rings is 1. The maximum atomic E-state index is 15.7. The minimum atomic E-state index is -5.40. The van der Waals surface area contributed by atoms with Crippen LogP contribution in [0.25, 0.3) is 11.2 Å². The Morgan fingerprint density at radius 1 is 0.438 bits per heavy atom. The van der Waals surface area contributed by atoms with E-state index in [-0.39, 0.29) is 123 Å². The highest BCUT2D eigenvalue weighted by Gasteiger charge is 2.57. The Balaban J connectivity index is 0.805. The van der Waals surface area contributed by atoms with Gasteiger partial charge in [0.1, 0.15) is 143 Å². The van der Waals surface area contributed by atoms with Crippen LogP contribution in [0.15, 0.2) is 72.9 Å². The smallest absolute Gasteiger partial charge is 0.351 e. The molecule has 6 saturated heterocycles. The summed E-state index contributed by atoms with van der Waals surface area (Å²) in [6.07, 6.45) is -32.7. The van der Waals surface area contributed by atoms with Crippen molar-refractivity contribution in [2.24, 2.45) is 0 Å². The number of methoxy groups -OCH3 is 5. The van der Waals surface area contributed by atoms with E-state index in [4.69, 9.17) is 192 Å². The quantitative estimate of drug-likeness (QED) is 0.00971. The van der Waals surface area contributed by atoms with Gasteiger partial charge in [-0.2, -0.15) is 9.97 Å². The zero-order chi connectivity index (χ0) is 105. The summed E-state index contributed by atoms with van der Waals surface area (Å²) in [7, 11) is 6.63. The summed E-state index contributed by atoms with van der Waals surface area (Å²) in [5.41, 5.74) is 1.91. The van der Waals surface area contributed by atoms with Crippen LogP contribution >= 0.6 is 33.7 Å². The fraction of sp³-hybridized carbons (Fsp3) is 0.671. The van der Waals surface area contributed by atoms with E-state index in [0.29, 0.717) is 5.56 Å². The Morgan fingerprint density at radius 2 is 0.826 bits per heavy atom.